The molecule has 1 aliphatic rings. The number of hydrogen-bond donors (Lipinski definition) is 0. The highest BCUT2D eigenvalue weighted by molar-refractivity contribution is 6.09. The van der Waals surface area contributed by atoms with Crippen LogP contribution in [0.1, 0.15) is 22.8 Å². The van der Waals surface area contributed by atoms with E-state index < -0.39 is 17.8 Å². The number of nitrogens with zero attached hydrogens (tertiary/aromatic N) is 2. The number of amides is 1. The number of aromatic nitrogens is 1. The van der Waals surface area contributed by atoms with Gasteiger partial charge in [-0.05, 0) is 29.8 Å². The third kappa shape index (κ3) is 3.90. The number of alkyl halides is 3. The molecule has 1 aromatic heterocycles. The number of likely N-dealkylation sites (tertiary alicyclic amines) is 1. The van der Waals surface area contributed by atoms with E-state index in [9.17, 15) is 18.0 Å². The van der Waals surface area contributed by atoms with Gasteiger partial charge in [0, 0.05) is 12.3 Å². The average molecular weight is 416 g/mol. The Morgan fingerprint density at radius 3 is 2.67 bits per heavy atom. The van der Waals surface area contributed by atoms with Crippen molar-refractivity contribution >= 4 is 16.7 Å². The molecule has 5 nitrogen and oxygen atoms in total. The van der Waals surface area contributed by atoms with Crippen LogP contribution in [0.15, 0.2) is 54.7 Å². The van der Waals surface area contributed by atoms with Crippen LogP contribution in [0.4, 0.5) is 13.2 Å². The maximum atomic E-state index is 13.1. The third-order valence-electron chi connectivity index (χ3n) is 4.89. The number of ether oxygens (including phenoxy) is 2. The number of halogens is 3. The molecule has 0 N–H and O–H groups in total. The van der Waals surface area contributed by atoms with Gasteiger partial charge in [-0.25, -0.2) is 4.98 Å². The van der Waals surface area contributed by atoms with Crippen molar-refractivity contribution in [1.82, 2.24) is 9.88 Å². The fourth-order valence-electron chi connectivity index (χ4n) is 3.41. The lowest BCUT2D eigenvalue weighted by atomic mass is 10.0. The van der Waals surface area contributed by atoms with Gasteiger partial charge in [0.2, 0.25) is 5.88 Å². The molecule has 0 atom stereocenters. The van der Waals surface area contributed by atoms with Crippen LogP contribution in [0, 0.1) is 0 Å². The lowest BCUT2D eigenvalue weighted by molar-refractivity contribution is -0.137. The van der Waals surface area contributed by atoms with Gasteiger partial charge in [-0.1, -0.05) is 30.3 Å². The molecule has 0 spiro atoms. The van der Waals surface area contributed by atoms with Crippen molar-refractivity contribution in [3.05, 3.63) is 65.9 Å². The van der Waals surface area contributed by atoms with Gasteiger partial charge in [-0.2, -0.15) is 13.2 Å². The molecule has 1 aliphatic heterocycles. The first kappa shape index (κ1) is 20.0. The monoisotopic (exact) mass is 416 g/mol. The van der Waals surface area contributed by atoms with Gasteiger partial charge in [-0.3, -0.25) is 4.79 Å². The van der Waals surface area contributed by atoms with Gasteiger partial charge in [0.05, 0.1) is 30.8 Å². The Morgan fingerprint density at radius 1 is 1.17 bits per heavy atom. The minimum absolute atomic E-state index is 0.109. The molecule has 4 rings (SSSR count). The van der Waals surface area contributed by atoms with Crippen LogP contribution in [-0.2, 0) is 6.18 Å². The second-order valence-electron chi connectivity index (χ2n) is 6.92. The van der Waals surface area contributed by atoms with E-state index in [-0.39, 0.29) is 24.9 Å². The Hall–Kier alpha value is -3.29. The van der Waals surface area contributed by atoms with Crippen LogP contribution < -0.4 is 9.47 Å². The van der Waals surface area contributed by atoms with Crippen molar-refractivity contribution in [1.29, 1.82) is 0 Å². The SMILES string of the molecule is CCOc1ccc2ccccc2c1C(=O)N1CC(Oc2cc(C(F)(F)F)ccn2)C1. The molecule has 3 aromatic rings. The van der Waals surface area contributed by atoms with Crippen molar-refractivity contribution in [2.45, 2.75) is 19.2 Å². The van der Waals surface area contributed by atoms with Crippen molar-refractivity contribution in [3.8, 4) is 11.6 Å². The van der Waals surface area contributed by atoms with E-state index in [1.54, 1.807) is 11.0 Å². The first-order valence-corrected chi connectivity index (χ1v) is 9.50. The number of hydrogen-bond acceptors (Lipinski definition) is 4. The molecule has 1 amide bonds. The number of rotatable bonds is 5. The Labute approximate surface area is 171 Å². The Morgan fingerprint density at radius 2 is 1.93 bits per heavy atom. The zero-order valence-corrected chi connectivity index (χ0v) is 16.1. The second-order valence-corrected chi connectivity index (χ2v) is 6.92. The lowest BCUT2D eigenvalue weighted by Gasteiger charge is -2.39. The Balaban J connectivity index is 1.49. The zero-order chi connectivity index (χ0) is 21.3. The molecular formula is C22H19F3N2O3. The highest BCUT2D eigenvalue weighted by Gasteiger charge is 2.36. The fraction of sp³-hybridized carbons (Fsp3) is 0.273. The van der Waals surface area contributed by atoms with Gasteiger partial charge >= 0.3 is 6.18 Å². The van der Waals surface area contributed by atoms with Crippen molar-refractivity contribution in [2.24, 2.45) is 0 Å². The predicted octanol–water partition coefficient (Wildman–Crippen LogP) is 4.56. The van der Waals surface area contributed by atoms with Crippen LogP contribution >= 0.6 is 0 Å². The quantitative estimate of drug-likeness (QED) is 0.612. The summed E-state index contributed by atoms with van der Waals surface area (Å²) in [5, 5.41) is 1.71. The summed E-state index contributed by atoms with van der Waals surface area (Å²) in [6.07, 6.45) is -3.83. The first-order chi connectivity index (χ1) is 14.4. The van der Waals surface area contributed by atoms with Crippen LogP contribution in [0.25, 0.3) is 10.8 Å². The molecule has 1 fully saturated rings. The minimum Gasteiger partial charge on any atom is -0.493 e. The van der Waals surface area contributed by atoms with E-state index in [4.69, 9.17) is 9.47 Å². The molecule has 0 unspecified atom stereocenters. The predicted molar refractivity (Wildman–Crippen MR) is 105 cm³/mol. The van der Waals surface area contributed by atoms with Gasteiger partial charge in [0.15, 0.2) is 0 Å². The smallest absolute Gasteiger partial charge is 0.416 e. The Kier molecular flexibility index (Phi) is 5.24. The zero-order valence-electron chi connectivity index (χ0n) is 16.1. The summed E-state index contributed by atoms with van der Waals surface area (Å²) in [6, 6.07) is 13.0. The maximum absolute atomic E-state index is 13.1. The number of pyridine rings is 1. The number of benzene rings is 2. The van der Waals surface area contributed by atoms with Gasteiger partial charge < -0.3 is 14.4 Å². The van der Waals surface area contributed by atoms with E-state index >= 15 is 0 Å². The molecule has 30 heavy (non-hydrogen) atoms. The van der Waals surface area contributed by atoms with E-state index in [0.717, 1.165) is 29.1 Å². The molecule has 0 aliphatic carbocycles. The molecule has 8 heteroatoms. The highest BCUT2D eigenvalue weighted by Crippen LogP contribution is 2.33. The van der Waals surface area contributed by atoms with E-state index in [2.05, 4.69) is 4.98 Å². The summed E-state index contributed by atoms with van der Waals surface area (Å²) < 4.78 is 49.7. The molecular weight excluding hydrogens is 397 g/mol. The number of carbonyl (C=O) groups is 1. The van der Waals surface area contributed by atoms with Crippen molar-refractivity contribution in [2.75, 3.05) is 19.7 Å². The van der Waals surface area contributed by atoms with E-state index in [0.29, 0.717) is 17.9 Å². The largest absolute Gasteiger partial charge is 0.493 e. The molecule has 0 radical (unpaired) electrons. The minimum atomic E-state index is -4.47. The molecule has 2 heterocycles. The topological polar surface area (TPSA) is 51.7 Å². The summed E-state index contributed by atoms with van der Waals surface area (Å²) in [7, 11) is 0. The van der Waals surface area contributed by atoms with Crippen LogP contribution in [0.2, 0.25) is 0 Å². The van der Waals surface area contributed by atoms with Crippen molar-refractivity contribution < 1.29 is 27.4 Å². The average Bonchev–Trinajstić information content (AvgIpc) is 2.69. The molecule has 0 saturated carbocycles. The summed E-state index contributed by atoms with van der Waals surface area (Å²) in [5.41, 5.74) is -0.345. The van der Waals surface area contributed by atoms with Gasteiger partial charge in [0.25, 0.3) is 5.91 Å². The normalized spacial score (nSPS) is 14.5. The standard InChI is InChI=1S/C22H19F3N2O3/c1-2-29-18-8-7-14-5-3-4-6-17(14)20(18)21(28)27-12-16(13-27)30-19-11-15(9-10-26-19)22(23,24)25/h3-11,16H,2,12-13H2,1H3. The molecule has 156 valence electrons. The second kappa shape index (κ2) is 7.85. The fourth-order valence-corrected chi connectivity index (χ4v) is 3.41. The third-order valence-corrected chi connectivity index (χ3v) is 4.89. The Bertz CT molecular complexity index is 1080. The number of carbonyl (C=O) groups excluding carboxylic acids is 1. The summed E-state index contributed by atoms with van der Waals surface area (Å²) in [5.74, 6) is 0.194. The summed E-state index contributed by atoms with van der Waals surface area (Å²) in [6.45, 7) is 2.78. The summed E-state index contributed by atoms with van der Waals surface area (Å²) in [4.78, 5) is 18.6. The first-order valence-electron chi connectivity index (χ1n) is 9.50. The maximum Gasteiger partial charge on any atom is 0.416 e. The van der Waals surface area contributed by atoms with Gasteiger partial charge in [-0.15, -0.1) is 0 Å². The van der Waals surface area contributed by atoms with Crippen LogP contribution in [0.3, 0.4) is 0 Å². The van der Waals surface area contributed by atoms with Crippen LogP contribution in [-0.4, -0.2) is 41.6 Å². The molecule has 1 saturated heterocycles. The van der Waals surface area contributed by atoms with Gasteiger partial charge in [0.1, 0.15) is 11.9 Å². The number of fused-ring (bicyclic) bond motifs is 1. The van der Waals surface area contributed by atoms with Crippen LogP contribution in [0.5, 0.6) is 11.6 Å². The van der Waals surface area contributed by atoms with E-state index in [1.807, 2.05) is 37.3 Å². The highest BCUT2D eigenvalue weighted by atomic mass is 19.4. The molecule has 2 aromatic carbocycles. The summed E-state index contributed by atoms with van der Waals surface area (Å²) >= 11 is 0. The van der Waals surface area contributed by atoms with E-state index in [1.165, 1.54) is 0 Å². The van der Waals surface area contributed by atoms with Crippen molar-refractivity contribution in [3.63, 3.8) is 0 Å². The lowest BCUT2D eigenvalue weighted by Crippen LogP contribution is -2.56. The molecule has 0 bridgehead atoms.